The summed E-state index contributed by atoms with van der Waals surface area (Å²) in [5.74, 6) is -0.218. The number of rotatable bonds is 5. The Kier molecular flexibility index (Phi) is 4.72. The number of amides is 1. The van der Waals surface area contributed by atoms with Crippen molar-refractivity contribution in [2.24, 2.45) is 5.10 Å². The zero-order valence-corrected chi connectivity index (χ0v) is 15.2. The van der Waals surface area contributed by atoms with Gasteiger partial charge in [-0.15, -0.1) is 22.7 Å². The number of nitrogens with one attached hydrogen (secondary N) is 1. The molecule has 0 spiro atoms. The van der Waals surface area contributed by atoms with Crippen LogP contribution in [0, 0.1) is 0 Å². The third kappa shape index (κ3) is 3.49. The Labute approximate surface area is 158 Å². The predicted molar refractivity (Wildman–Crippen MR) is 106 cm³/mol. The van der Waals surface area contributed by atoms with Crippen LogP contribution in [0.25, 0.3) is 16.3 Å². The van der Waals surface area contributed by atoms with Crippen molar-refractivity contribution in [3.05, 3.63) is 82.0 Å². The highest BCUT2D eigenvalue weighted by atomic mass is 32.1. The number of carbonyl (C=O) groups is 1. The second-order valence-corrected chi connectivity index (χ2v) is 7.26. The van der Waals surface area contributed by atoms with Gasteiger partial charge in [-0.2, -0.15) is 10.2 Å². The van der Waals surface area contributed by atoms with E-state index in [1.165, 1.54) is 11.3 Å². The Morgan fingerprint density at radius 1 is 1.04 bits per heavy atom. The molecule has 128 valence electrons. The summed E-state index contributed by atoms with van der Waals surface area (Å²) < 4.78 is 1.82. The van der Waals surface area contributed by atoms with E-state index in [9.17, 15) is 4.79 Å². The maximum Gasteiger partial charge on any atom is 0.281 e. The minimum Gasteiger partial charge on any atom is -0.266 e. The number of benzene rings is 1. The Morgan fingerprint density at radius 2 is 1.85 bits per heavy atom. The monoisotopic (exact) mass is 378 g/mol. The summed E-state index contributed by atoms with van der Waals surface area (Å²) in [5, 5.41) is 12.7. The molecular formula is C19H14N4OS2. The summed E-state index contributed by atoms with van der Waals surface area (Å²) in [7, 11) is 0. The molecule has 26 heavy (non-hydrogen) atoms. The molecule has 5 nitrogen and oxygen atoms in total. The fraction of sp³-hybridized carbons (Fsp3) is 0. The van der Waals surface area contributed by atoms with Crippen LogP contribution >= 0.6 is 22.7 Å². The number of thiophene rings is 2. The molecule has 0 saturated heterocycles. The zero-order valence-electron chi connectivity index (χ0n) is 13.6. The molecule has 7 heteroatoms. The van der Waals surface area contributed by atoms with Crippen molar-refractivity contribution in [1.29, 1.82) is 0 Å². The van der Waals surface area contributed by atoms with Gasteiger partial charge < -0.3 is 0 Å². The number of nitrogens with zero attached hydrogens (tertiary/aromatic N) is 3. The van der Waals surface area contributed by atoms with Crippen molar-refractivity contribution in [1.82, 2.24) is 15.2 Å². The molecule has 0 radical (unpaired) electrons. The highest BCUT2D eigenvalue weighted by Crippen LogP contribution is 2.26. The second-order valence-electron chi connectivity index (χ2n) is 5.37. The normalized spacial score (nSPS) is 11.1. The fourth-order valence-electron chi connectivity index (χ4n) is 2.42. The Bertz CT molecular complexity index is 1020. The Hall–Kier alpha value is -3.03. The molecule has 1 aromatic carbocycles. The van der Waals surface area contributed by atoms with Crippen molar-refractivity contribution in [2.45, 2.75) is 0 Å². The molecule has 0 aliphatic rings. The first-order chi connectivity index (χ1) is 12.8. The molecule has 0 saturated carbocycles. The lowest BCUT2D eigenvalue weighted by Crippen LogP contribution is -2.16. The van der Waals surface area contributed by atoms with Gasteiger partial charge in [-0.1, -0.05) is 30.3 Å². The van der Waals surface area contributed by atoms with Gasteiger partial charge in [0.1, 0.15) is 5.69 Å². The lowest BCUT2D eigenvalue weighted by Gasteiger charge is -1.98. The highest BCUT2D eigenvalue weighted by Gasteiger charge is 2.12. The van der Waals surface area contributed by atoms with E-state index in [1.54, 1.807) is 23.6 Å². The highest BCUT2D eigenvalue weighted by molar-refractivity contribution is 7.13. The number of aromatic nitrogens is 2. The summed E-state index contributed by atoms with van der Waals surface area (Å²) in [6, 6.07) is 17.5. The summed E-state index contributed by atoms with van der Waals surface area (Å²) in [6.45, 7) is 0. The van der Waals surface area contributed by atoms with Gasteiger partial charge in [0.15, 0.2) is 0 Å². The smallest absolute Gasteiger partial charge is 0.266 e. The molecular weight excluding hydrogens is 364 g/mol. The molecule has 0 aliphatic carbocycles. The predicted octanol–water partition coefficient (Wildman–Crippen LogP) is 4.43. The molecule has 0 bridgehead atoms. The van der Waals surface area contributed by atoms with Gasteiger partial charge >= 0.3 is 0 Å². The van der Waals surface area contributed by atoms with E-state index in [2.05, 4.69) is 10.5 Å². The maximum atomic E-state index is 12.0. The fourth-order valence-corrected chi connectivity index (χ4v) is 3.77. The van der Waals surface area contributed by atoms with Gasteiger partial charge in [0.2, 0.25) is 0 Å². The van der Waals surface area contributed by atoms with E-state index in [1.807, 2.05) is 70.2 Å². The minimum atomic E-state index is -0.218. The van der Waals surface area contributed by atoms with Crippen molar-refractivity contribution in [3.8, 4) is 16.3 Å². The summed E-state index contributed by atoms with van der Waals surface area (Å²) in [5.41, 5.74) is 5.20. The SMILES string of the molecule is O=C(N/N=C/c1cn(-c2ccccc2)nc1-c1cccs1)c1cccs1. The lowest BCUT2D eigenvalue weighted by molar-refractivity contribution is 0.0959. The van der Waals surface area contributed by atoms with Gasteiger partial charge in [-0.25, -0.2) is 10.1 Å². The lowest BCUT2D eigenvalue weighted by atomic mass is 10.2. The van der Waals surface area contributed by atoms with Crippen LogP contribution in [0.5, 0.6) is 0 Å². The second kappa shape index (κ2) is 7.47. The first-order valence-corrected chi connectivity index (χ1v) is 9.63. The van der Waals surface area contributed by atoms with Crippen LogP contribution in [0.4, 0.5) is 0 Å². The van der Waals surface area contributed by atoms with Crippen LogP contribution < -0.4 is 5.43 Å². The van der Waals surface area contributed by atoms with Gasteiger partial charge in [-0.05, 0) is 35.0 Å². The molecule has 0 aliphatic heterocycles. The van der Waals surface area contributed by atoms with E-state index >= 15 is 0 Å². The molecule has 4 aromatic rings. The van der Waals surface area contributed by atoms with E-state index in [4.69, 9.17) is 5.10 Å². The van der Waals surface area contributed by atoms with Crippen LogP contribution in [-0.4, -0.2) is 21.9 Å². The molecule has 0 fully saturated rings. The topological polar surface area (TPSA) is 59.3 Å². The number of para-hydroxylation sites is 1. The van der Waals surface area contributed by atoms with E-state index in [0.29, 0.717) is 4.88 Å². The van der Waals surface area contributed by atoms with Crippen molar-refractivity contribution in [2.75, 3.05) is 0 Å². The first-order valence-electron chi connectivity index (χ1n) is 7.87. The van der Waals surface area contributed by atoms with Crippen molar-refractivity contribution in [3.63, 3.8) is 0 Å². The molecule has 3 heterocycles. The van der Waals surface area contributed by atoms with Crippen LogP contribution in [0.15, 0.2) is 76.7 Å². The molecule has 4 rings (SSSR count). The maximum absolute atomic E-state index is 12.0. The average Bonchev–Trinajstić information content (AvgIpc) is 3.42. The van der Waals surface area contributed by atoms with E-state index in [-0.39, 0.29) is 5.91 Å². The summed E-state index contributed by atoms with van der Waals surface area (Å²) in [4.78, 5) is 13.7. The number of carbonyl (C=O) groups excluding carboxylic acids is 1. The number of hydrogen-bond donors (Lipinski definition) is 1. The third-order valence-corrected chi connectivity index (χ3v) is 5.38. The van der Waals surface area contributed by atoms with Gasteiger partial charge in [0, 0.05) is 11.8 Å². The zero-order chi connectivity index (χ0) is 17.8. The summed E-state index contributed by atoms with van der Waals surface area (Å²) >= 11 is 2.99. The number of hydrazone groups is 1. The quantitative estimate of drug-likeness (QED) is 0.413. The molecule has 3 aromatic heterocycles. The van der Waals surface area contributed by atoms with Gasteiger partial charge in [0.05, 0.1) is 21.7 Å². The van der Waals surface area contributed by atoms with E-state index < -0.39 is 0 Å². The first kappa shape index (κ1) is 16.4. The van der Waals surface area contributed by atoms with Crippen LogP contribution in [0.1, 0.15) is 15.2 Å². The Morgan fingerprint density at radius 3 is 2.58 bits per heavy atom. The minimum absolute atomic E-state index is 0.218. The van der Waals surface area contributed by atoms with Gasteiger partial charge in [0.25, 0.3) is 5.91 Å². The molecule has 0 unspecified atom stereocenters. The standard InChI is InChI=1S/C19H14N4OS2/c24-19(17-9-5-11-26-17)21-20-12-14-13-23(15-6-2-1-3-7-15)22-18(14)16-8-4-10-25-16/h1-13H,(H,21,24)/b20-12+. The molecule has 1 amide bonds. The van der Waals surface area contributed by atoms with Crippen LogP contribution in [0.3, 0.4) is 0 Å². The Balaban J connectivity index is 1.63. The third-order valence-electron chi connectivity index (χ3n) is 3.63. The average molecular weight is 378 g/mol. The van der Waals surface area contributed by atoms with Crippen molar-refractivity contribution < 1.29 is 4.79 Å². The molecule has 0 atom stereocenters. The van der Waals surface area contributed by atoms with Crippen molar-refractivity contribution >= 4 is 34.8 Å². The van der Waals surface area contributed by atoms with Gasteiger partial charge in [-0.3, -0.25) is 4.79 Å². The number of hydrogen-bond acceptors (Lipinski definition) is 5. The van der Waals surface area contributed by atoms with Crippen LogP contribution in [0.2, 0.25) is 0 Å². The molecule has 1 N–H and O–H groups in total. The van der Waals surface area contributed by atoms with Crippen LogP contribution in [-0.2, 0) is 0 Å². The van der Waals surface area contributed by atoms with E-state index in [0.717, 1.165) is 21.8 Å². The summed E-state index contributed by atoms with van der Waals surface area (Å²) in [6.07, 6.45) is 3.54. The largest absolute Gasteiger partial charge is 0.281 e.